The van der Waals surface area contributed by atoms with E-state index >= 15 is 0 Å². The number of sulfonamides is 1. The maximum atomic E-state index is 13.1. The van der Waals surface area contributed by atoms with Crippen molar-refractivity contribution in [1.29, 1.82) is 0 Å². The number of likely N-dealkylation sites (N-methyl/N-ethyl adjacent to an activating group) is 1. The number of carbonyl (C=O) groups excluding carboxylic acids is 1. The summed E-state index contributed by atoms with van der Waals surface area (Å²) in [4.78, 5) is 19.5. The molecule has 9 heteroatoms. The predicted molar refractivity (Wildman–Crippen MR) is 109 cm³/mol. The van der Waals surface area contributed by atoms with Gasteiger partial charge in [0.15, 0.2) is 0 Å². The molecule has 1 aliphatic heterocycles. The quantitative estimate of drug-likeness (QED) is 0.744. The van der Waals surface area contributed by atoms with Crippen LogP contribution in [-0.2, 0) is 21.4 Å². The SMILES string of the molecule is CCCCC(N=C1NS(=O)(=O)c2ccccc21)C(=O)N(C)Cc1c(C)noc1C. The fraction of sp³-hybridized carbons (Fsp3) is 0.450. The van der Waals surface area contributed by atoms with Gasteiger partial charge < -0.3 is 9.42 Å². The molecule has 1 unspecified atom stereocenters. The molecule has 0 spiro atoms. The van der Waals surface area contributed by atoms with Gasteiger partial charge in [-0.2, -0.15) is 0 Å². The number of amidine groups is 1. The van der Waals surface area contributed by atoms with Crippen LogP contribution in [0.1, 0.15) is 48.8 Å². The van der Waals surface area contributed by atoms with Crippen LogP contribution in [0, 0.1) is 13.8 Å². The summed E-state index contributed by atoms with van der Waals surface area (Å²) >= 11 is 0. The number of rotatable bonds is 7. The molecule has 1 aliphatic rings. The van der Waals surface area contributed by atoms with E-state index in [2.05, 4.69) is 14.9 Å². The average molecular weight is 419 g/mol. The van der Waals surface area contributed by atoms with Crippen LogP contribution in [0.5, 0.6) is 0 Å². The molecule has 1 aromatic heterocycles. The van der Waals surface area contributed by atoms with Crippen molar-refractivity contribution in [3.05, 3.63) is 46.8 Å². The summed E-state index contributed by atoms with van der Waals surface area (Å²) in [6.07, 6.45) is 2.25. The van der Waals surface area contributed by atoms with Gasteiger partial charge in [0.05, 0.1) is 17.1 Å². The third-order valence-electron chi connectivity index (χ3n) is 5.02. The molecule has 0 fully saturated rings. The van der Waals surface area contributed by atoms with E-state index in [1.54, 1.807) is 30.1 Å². The van der Waals surface area contributed by atoms with Crippen molar-refractivity contribution in [2.45, 2.75) is 57.5 Å². The summed E-state index contributed by atoms with van der Waals surface area (Å²) in [7, 11) is -1.94. The van der Waals surface area contributed by atoms with Crippen LogP contribution in [0.2, 0.25) is 0 Å². The second kappa shape index (κ2) is 8.36. The molecular weight excluding hydrogens is 392 g/mol. The van der Waals surface area contributed by atoms with Crippen LogP contribution < -0.4 is 4.72 Å². The van der Waals surface area contributed by atoms with E-state index in [4.69, 9.17) is 4.52 Å². The third-order valence-corrected chi connectivity index (χ3v) is 6.41. The Balaban J connectivity index is 1.88. The Morgan fingerprint density at radius 3 is 2.69 bits per heavy atom. The number of amides is 1. The van der Waals surface area contributed by atoms with Crippen LogP contribution in [0.3, 0.4) is 0 Å². The largest absolute Gasteiger partial charge is 0.361 e. The molecule has 0 bridgehead atoms. The lowest BCUT2D eigenvalue weighted by Gasteiger charge is -2.22. The van der Waals surface area contributed by atoms with Gasteiger partial charge in [0, 0.05) is 18.2 Å². The summed E-state index contributed by atoms with van der Waals surface area (Å²) in [6.45, 7) is 6.04. The van der Waals surface area contributed by atoms with Crippen molar-refractivity contribution < 1.29 is 17.7 Å². The molecule has 1 amide bonds. The van der Waals surface area contributed by atoms with Crippen molar-refractivity contribution in [1.82, 2.24) is 14.8 Å². The fourth-order valence-corrected chi connectivity index (χ4v) is 4.56. The minimum Gasteiger partial charge on any atom is -0.361 e. The molecule has 0 aliphatic carbocycles. The summed E-state index contributed by atoms with van der Waals surface area (Å²) in [6, 6.07) is 5.97. The van der Waals surface area contributed by atoms with Gasteiger partial charge >= 0.3 is 0 Å². The Morgan fingerprint density at radius 1 is 1.31 bits per heavy atom. The number of nitrogens with one attached hydrogen (secondary N) is 1. The van der Waals surface area contributed by atoms with E-state index in [0.29, 0.717) is 24.3 Å². The van der Waals surface area contributed by atoms with E-state index in [1.165, 1.54) is 6.07 Å². The molecule has 0 saturated carbocycles. The van der Waals surface area contributed by atoms with E-state index in [-0.39, 0.29) is 16.6 Å². The van der Waals surface area contributed by atoms with Gasteiger partial charge in [0.2, 0.25) is 5.91 Å². The second-order valence-electron chi connectivity index (χ2n) is 7.23. The summed E-state index contributed by atoms with van der Waals surface area (Å²) in [5.41, 5.74) is 2.11. The molecule has 1 N–H and O–H groups in total. The second-order valence-corrected chi connectivity index (χ2v) is 8.89. The Morgan fingerprint density at radius 2 is 2.03 bits per heavy atom. The summed E-state index contributed by atoms with van der Waals surface area (Å²) in [5, 5.41) is 3.93. The van der Waals surface area contributed by atoms with Crippen molar-refractivity contribution in [3.63, 3.8) is 0 Å². The molecule has 2 heterocycles. The van der Waals surface area contributed by atoms with Crippen LogP contribution in [-0.4, -0.2) is 43.3 Å². The number of aromatic nitrogens is 1. The minimum absolute atomic E-state index is 0.172. The average Bonchev–Trinajstić information content (AvgIpc) is 3.14. The van der Waals surface area contributed by atoms with E-state index in [0.717, 1.165) is 24.1 Å². The van der Waals surface area contributed by atoms with Crippen molar-refractivity contribution in [2.24, 2.45) is 4.99 Å². The fourth-order valence-electron chi connectivity index (χ4n) is 3.32. The van der Waals surface area contributed by atoms with Gasteiger partial charge in [-0.1, -0.05) is 37.1 Å². The first-order valence-electron chi connectivity index (χ1n) is 9.61. The van der Waals surface area contributed by atoms with E-state index in [1.807, 2.05) is 20.8 Å². The lowest BCUT2D eigenvalue weighted by Crippen LogP contribution is -2.37. The van der Waals surface area contributed by atoms with Crippen molar-refractivity contribution >= 4 is 21.8 Å². The first-order chi connectivity index (χ1) is 13.7. The monoisotopic (exact) mass is 418 g/mol. The summed E-state index contributed by atoms with van der Waals surface area (Å²) < 4.78 is 32.4. The predicted octanol–water partition coefficient (Wildman–Crippen LogP) is 2.55. The number of benzene rings is 1. The number of fused-ring (bicyclic) bond motifs is 1. The highest BCUT2D eigenvalue weighted by Crippen LogP contribution is 2.24. The van der Waals surface area contributed by atoms with Crippen LogP contribution in [0.25, 0.3) is 0 Å². The lowest BCUT2D eigenvalue weighted by atomic mass is 10.1. The third kappa shape index (κ3) is 4.34. The highest BCUT2D eigenvalue weighted by molar-refractivity contribution is 7.90. The Kier molecular flexibility index (Phi) is 6.07. The van der Waals surface area contributed by atoms with Gasteiger partial charge in [-0.3, -0.25) is 14.5 Å². The summed E-state index contributed by atoms with van der Waals surface area (Å²) in [5.74, 6) is 0.728. The van der Waals surface area contributed by atoms with Crippen molar-refractivity contribution in [3.8, 4) is 0 Å². The Bertz CT molecular complexity index is 1020. The highest BCUT2D eigenvalue weighted by Gasteiger charge is 2.32. The molecular formula is C20H26N4O4S. The molecule has 0 saturated heterocycles. The molecule has 2 aromatic rings. The first-order valence-corrected chi connectivity index (χ1v) is 11.1. The van der Waals surface area contributed by atoms with E-state index in [9.17, 15) is 13.2 Å². The molecule has 8 nitrogen and oxygen atoms in total. The molecule has 3 rings (SSSR count). The maximum absolute atomic E-state index is 13.1. The number of unbranched alkanes of at least 4 members (excludes halogenated alkanes) is 1. The van der Waals surface area contributed by atoms with Gasteiger partial charge in [-0.15, -0.1) is 0 Å². The van der Waals surface area contributed by atoms with Gasteiger partial charge in [0.1, 0.15) is 17.6 Å². The van der Waals surface area contributed by atoms with Gasteiger partial charge in [-0.05, 0) is 32.4 Å². The smallest absolute Gasteiger partial charge is 0.263 e. The molecule has 156 valence electrons. The zero-order valence-corrected chi connectivity index (χ0v) is 17.9. The number of hydrogen-bond acceptors (Lipinski definition) is 6. The molecule has 1 aromatic carbocycles. The normalized spacial score (nSPS) is 17.0. The van der Waals surface area contributed by atoms with Crippen LogP contribution in [0.4, 0.5) is 0 Å². The molecule has 29 heavy (non-hydrogen) atoms. The zero-order valence-electron chi connectivity index (χ0n) is 17.1. The van der Waals surface area contributed by atoms with Gasteiger partial charge in [-0.25, -0.2) is 8.42 Å². The number of carbonyl (C=O) groups is 1. The number of aryl methyl sites for hydroxylation is 2. The highest BCUT2D eigenvalue weighted by atomic mass is 32.2. The zero-order chi connectivity index (χ0) is 21.2. The topological polar surface area (TPSA) is 105 Å². The van der Waals surface area contributed by atoms with Gasteiger partial charge in [0.25, 0.3) is 10.0 Å². The van der Waals surface area contributed by atoms with Crippen LogP contribution >= 0.6 is 0 Å². The number of hydrogen-bond donors (Lipinski definition) is 1. The molecule has 1 atom stereocenters. The lowest BCUT2D eigenvalue weighted by molar-refractivity contribution is -0.131. The first kappa shape index (κ1) is 21.0. The maximum Gasteiger partial charge on any atom is 0.263 e. The number of nitrogens with zero attached hydrogens (tertiary/aromatic N) is 3. The Hall–Kier alpha value is -2.68. The minimum atomic E-state index is -3.65. The van der Waals surface area contributed by atoms with Crippen LogP contribution in [0.15, 0.2) is 38.7 Å². The standard InChI is InChI=1S/C20H26N4O4S/c1-5-6-10-17(20(25)24(4)12-16-13(2)22-28-14(16)3)21-19-15-9-7-8-11-18(15)29(26,27)23-19/h7-9,11,17H,5-6,10,12H2,1-4H3,(H,21,23). The molecule has 0 radical (unpaired) electrons. The number of aliphatic imine (C=N–C) groups is 1. The van der Waals surface area contributed by atoms with E-state index < -0.39 is 16.1 Å². The Labute approximate surface area is 171 Å². The van der Waals surface area contributed by atoms with Crippen molar-refractivity contribution in [2.75, 3.05) is 7.05 Å².